The highest BCUT2D eigenvalue weighted by atomic mass is 16.5. The molecule has 2 aromatic carbocycles. The van der Waals surface area contributed by atoms with Crippen molar-refractivity contribution >= 4 is 29.3 Å². The van der Waals surface area contributed by atoms with E-state index in [1.54, 1.807) is 55.5 Å². The normalized spacial score (nSPS) is 9.96. The lowest BCUT2D eigenvalue weighted by atomic mass is 10.1. The minimum Gasteiger partial charge on any atom is -0.450 e. The van der Waals surface area contributed by atoms with Gasteiger partial charge in [-0.25, -0.2) is 4.79 Å². The van der Waals surface area contributed by atoms with Gasteiger partial charge in [0.1, 0.15) is 0 Å². The number of primary amides is 1. The topological polar surface area (TPSA) is 111 Å². The summed E-state index contributed by atoms with van der Waals surface area (Å²) in [6.45, 7) is 2.00. The number of ether oxygens (including phenoxy) is 1. The monoisotopic (exact) mass is 341 g/mol. The van der Waals surface area contributed by atoms with Crippen LogP contribution in [-0.2, 0) is 16.0 Å². The molecule has 2 aromatic rings. The van der Waals surface area contributed by atoms with Gasteiger partial charge in [0.05, 0.1) is 13.0 Å². The Bertz CT molecular complexity index is 755. The van der Waals surface area contributed by atoms with Crippen LogP contribution >= 0.6 is 0 Å². The summed E-state index contributed by atoms with van der Waals surface area (Å²) in [5.74, 6) is -0.696. The van der Waals surface area contributed by atoms with E-state index < -0.39 is 12.0 Å². The lowest BCUT2D eigenvalue weighted by Gasteiger charge is -2.08. The highest BCUT2D eigenvalue weighted by Crippen LogP contribution is 2.14. The predicted octanol–water partition coefficient (Wildman–Crippen LogP) is 2.54. The summed E-state index contributed by atoms with van der Waals surface area (Å²) in [6.07, 6.45) is -0.390. The number of carbonyl (C=O) groups is 3. The standard InChI is InChI=1S/C18H19N3O4/c1-2-25-18(24)21-15-9-5-13(6-10-15)17(23)20-14-7-3-12(4-8-14)11-16(19)22/h3-10H,2,11H2,1H3,(H2,19,22)(H,20,23)(H,21,24). The second-order valence-electron chi connectivity index (χ2n) is 5.22. The van der Waals surface area contributed by atoms with E-state index in [9.17, 15) is 14.4 Å². The first-order valence-corrected chi connectivity index (χ1v) is 7.70. The Hall–Kier alpha value is -3.35. The van der Waals surface area contributed by atoms with Crippen LogP contribution in [0.5, 0.6) is 0 Å². The van der Waals surface area contributed by atoms with Crippen LogP contribution in [0.15, 0.2) is 48.5 Å². The Morgan fingerprint density at radius 2 is 1.48 bits per heavy atom. The minimum atomic E-state index is -0.546. The number of nitrogens with one attached hydrogen (secondary N) is 2. The maximum atomic E-state index is 12.2. The minimum absolute atomic E-state index is 0.156. The summed E-state index contributed by atoms with van der Waals surface area (Å²) in [5.41, 5.74) is 7.49. The van der Waals surface area contributed by atoms with Crippen LogP contribution in [0.3, 0.4) is 0 Å². The van der Waals surface area contributed by atoms with E-state index in [2.05, 4.69) is 10.6 Å². The molecule has 0 aliphatic carbocycles. The van der Waals surface area contributed by atoms with Crippen molar-refractivity contribution in [1.29, 1.82) is 0 Å². The van der Waals surface area contributed by atoms with Crippen molar-refractivity contribution in [1.82, 2.24) is 0 Å². The zero-order valence-electron chi connectivity index (χ0n) is 13.7. The van der Waals surface area contributed by atoms with Crippen molar-refractivity contribution in [3.63, 3.8) is 0 Å². The molecule has 3 amide bonds. The largest absolute Gasteiger partial charge is 0.450 e. The Labute approximate surface area is 145 Å². The van der Waals surface area contributed by atoms with Gasteiger partial charge >= 0.3 is 6.09 Å². The first-order valence-electron chi connectivity index (χ1n) is 7.70. The van der Waals surface area contributed by atoms with Crippen molar-refractivity contribution in [2.24, 2.45) is 5.73 Å². The lowest BCUT2D eigenvalue weighted by Crippen LogP contribution is -2.15. The molecule has 0 aromatic heterocycles. The van der Waals surface area contributed by atoms with E-state index in [4.69, 9.17) is 10.5 Å². The van der Waals surface area contributed by atoms with E-state index in [0.29, 0.717) is 16.9 Å². The van der Waals surface area contributed by atoms with Crippen LogP contribution < -0.4 is 16.4 Å². The van der Waals surface area contributed by atoms with Crippen LogP contribution in [0.2, 0.25) is 0 Å². The second-order valence-corrected chi connectivity index (χ2v) is 5.22. The predicted molar refractivity (Wildman–Crippen MR) is 94.4 cm³/mol. The molecule has 0 unspecified atom stereocenters. The molecule has 0 heterocycles. The molecule has 2 rings (SSSR count). The van der Waals surface area contributed by atoms with Gasteiger partial charge in [-0.3, -0.25) is 14.9 Å². The fourth-order valence-electron chi connectivity index (χ4n) is 2.10. The van der Waals surface area contributed by atoms with Crippen LogP contribution in [-0.4, -0.2) is 24.5 Å². The SMILES string of the molecule is CCOC(=O)Nc1ccc(C(=O)Nc2ccc(CC(N)=O)cc2)cc1. The van der Waals surface area contributed by atoms with Gasteiger partial charge in [-0.2, -0.15) is 0 Å². The maximum Gasteiger partial charge on any atom is 0.411 e. The quantitative estimate of drug-likeness (QED) is 0.749. The third-order valence-electron chi connectivity index (χ3n) is 3.26. The highest BCUT2D eigenvalue weighted by Gasteiger charge is 2.08. The molecular weight excluding hydrogens is 322 g/mol. The number of nitrogens with two attached hydrogens (primary N) is 1. The first kappa shape index (κ1) is 18.0. The van der Waals surface area contributed by atoms with Gasteiger partial charge in [-0.1, -0.05) is 12.1 Å². The highest BCUT2D eigenvalue weighted by molar-refractivity contribution is 6.04. The van der Waals surface area contributed by atoms with Crippen molar-refractivity contribution in [2.75, 3.05) is 17.2 Å². The molecular formula is C18H19N3O4. The molecule has 7 nitrogen and oxygen atoms in total. The Morgan fingerprint density at radius 1 is 0.920 bits per heavy atom. The number of hydrogen-bond donors (Lipinski definition) is 3. The van der Waals surface area contributed by atoms with E-state index in [-0.39, 0.29) is 18.9 Å². The Kier molecular flexibility index (Phi) is 6.11. The molecule has 0 saturated carbocycles. The molecule has 0 saturated heterocycles. The molecule has 25 heavy (non-hydrogen) atoms. The summed E-state index contributed by atoms with van der Waals surface area (Å²) in [4.78, 5) is 34.4. The molecule has 0 fully saturated rings. The second kappa shape index (κ2) is 8.49. The van der Waals surface area contributed by atoms with Gasteiger partial charge in [0.15, 0.2) is 0 Å². The van der Waals surface area contributed by atoms with Gasteiger partial charge in [0.25, 0.3) is 5.91 Å². The Morgan fingerprint density at radius 3 is 2.04 bits per heavy atom. The summed E-state index contributed by atoms with van der Waals surface area (Å²) < 4.78 is 4.78. The molecule has 0 bridgehead atoms. The summed E-state index contributed by atoms with van der Waals surface area (Å²) in [5, 5.41) is 5.30. The molecule has 0 aliphatic rings. The van der Waals surface area contributed by atoms with Crippen molar-refractivity contribution in [3.05, 3.63) is 59.7 Å². The van der Waals surface area contributed by atoms with Crippen molar-refractivity contribution in [2.45, 2.75) is 13.3 Å². The van der Waals surface area contributed by atoms with Gasteiger partial charge in [-0.15, -0.1) is 0 Å². The number of anilines is 2. The zero-order valence-corrected chi connectivity index (χ0v) is 13.7. The Balaban J connectivity index is 1.96. The maximum absolute atomic E-state index is 12.2. The summed E-state index contributed by atoms with van der Waals surface area (Å²) in [6, 6.07) is 13.3. The van der Waals surface area contributed by atoms with E-state index in [0.717, 1.165) is 5.56 Å². The van der Waals surface area contributed by atoms with Gasteiger partial charge in [0, 0.05) is 16.9 Å². The van der Waals surface area contributed by atoms with Crippen LogP contribution in [0.4, 0.5) is 16.2 Å². The van der Waals surface area contributed by atoms with Gasteiger partial charge in [-0.05, 0) is 48.9 Å². The van der Waals surface area contributed by atoms with Gasteiger partial charge in [0.2, 0.25) is 5.91 Å². The third kappa shape index (κ3) is 5.65. The number of amides is 3. The molecule has 0 radical (unpaired) electrons. The molecule has 130 valence electrons. The fourth-order valence-corrected chi connectivity index (χ4v) is 2.10. The van der Waals surface area contributed by atoms with E-state index in [1.807, 2.05) is 0 Å². The average molecular weight is 341 g/mol. The van der Waals surface area contributed by atoms with Crippen LogP contribution in [0.1, 0.15) is 22.8 Å². The first-order chi connectivity index (χ1) is 12.0. The van der Waals surface area contributed by atoms with Gasteiger partial charge < -0.3 is 15.8 Å². The number of benzene rings is 2. The molecule has 0 spiro atoms. The molecule has 0 atom stereocenters. The van der Waals surface area contributed by atoms with Crippen molar-refractivity contribution < 1.29 is 19.1 Å². The number of rotatable bonds is 6. The lowest BCUT2D eigenvalue weighted by molar-refractivity contribution is -0.117. The van der Waals surface area contributed by atoms with E-state index in [1.165, 1.54) is 0 Å². The zero-order chi connectivity index (χ0) is 18.2. The molecule has 7 heteroatoms. The van der Waals surface area contributed by atoms with Crippen LogP contribution in [0.25, 0.3) is 0 Å². The van der Waals surface area contributed by atoms with Crippen LogP contribution in [0, 0.1) is 0 Å². The average Bonchev–Trinajstić information content (AvgIpc) is 2.57. The summed E-state index contributed by atoms with van der Waals surface area (Å²) in [7, 11) is 0. The van der Waals surface area contributed by atoms with Crippen molar-refractivity contribution in [3.8, 4) is 0 Å². The number of carbonyl (C=O) groups excluding carboxylic acids is 3. The molecule has 0 aliphatic heterocycles. The smallest absolute Gasteiger partial charge is 0.411 e. The fraction of sp³-hybridized carbons (Fsp3) is 0.167. The summed E-state index contributed by atoms with van der Waals surface area (Å²) >= 11 is 0. The third-order valence-corrected chi connectivity index (χ3v) is 3.26. The molecule has 4 N–H and O–H groups in total. The number of hydrogen-bond acceptors (Lipinski definition) is 4. The van der Waals surface area contributed by atoms with E-state index >= 15 is 0 Å².